The Balaban J connectivity index is 1.66. The van der Waals surface area contributed by atoms with Crippen LogP contribution >= 0.6 is 0 Å². The molecule has 16 heavy (non-hydrogen) atoms. The zero-order chi connectivity index (χ0) is 11.0. The van der Waals surface area contributed by atoms with Gasteiger partial charge in [-0.05, 0) is 31.4 Å². The molecular weight excluding hydrogens is 196 g/mol. The van der Waals surface area contributed by atoms with Gasteiger partial charge in [0.2, 0.25) is 0 Å². The number of nitrogens with zero attached hydrogens (tertiary/aromatic N) is 1. The molecule has 1 aromatic rings. The van der Waals surface area contributed by atoms with E-state index in [-0.39, 0.29) is 0 Å². The number of likely N-dealkylation sites (tertiary alicyclic amines) is 1. The van der Waals surface area contributed by atoms with Crippen LogP contribution in [0.15, 0.2) is 30.3 Å². The summed E-state index contributed by atoms with van der Waals surface area (Å²) in [7, 11) is 2.12. The van der Waals surface area contributed by atoms with E-state index in [4.69, 9.17) is 0 Å². The van der Waals surface area contributed by atoms with Gasteiger partial charge in [0.15, 0.2) is 0 Å². The van der Waals surface area contributed by atoms with E-state index >= 15 is 0 Å². The SMILES string of the molecule is CNC12CCC1CN(Cc1ccccc1)C2. The number of likely N-dealkylation sites (N-methyl/N-ethyl adjacent to an activating group) is 1. The average Bonchev–Trinajstić information content (AvgIpc) is 2.54. The Morgan fingerprint density at radius 2 is 2.19 bits per heavy atom. The van der Waals surface area contributed by atoms with Crippen LogP contribution in [0.2, 0.25) is 0 Å². The lowest BCUT2D eigenvalue weighted by atomic mass is 9.69. The minimum absolute atomic E-state index is 0.453. The normalized spacial score (nSPS) is 33.4. The number of hydrogen-bond acceptors (Lipinski definition) is 2. The molecule has 2 nitrogen and oxygen atoms in total. The number of rotatable bonds is 3. The maximum absolute atomic E-state index is 3.55. The maximum atomic E-state index is 3.55. The summed E-state index contributed by atoms with van der Waals surface area (Å²) in [6, 6.07) is 10.8. The van der Waals surface area contributed by atoms with Gasteiger partial charge in [0.05, 0.1) is 0 Å². The van der Waals surface area contributed by atoms with Crippen LogP contribution < -0.4 is 5.32 Å². The average molecular weight is 216 g/mol. The largest absolute Gasteiger partial charge is 0.313 e. The second kappa shape index (κ2) is 3.86. The minimum Gasteiger partial charge on any atom is -0.313 e. The van der Waals surface area contributed by atoms with E-state index in [0.29, 0.717) is 5.54 Å². The molecular formula is C14H20N2. The van der Waals surface area contributed by atoms with E-state index in [1.54, 1.807) is 0 Å². The van der Waals surface area contributed by atoms with Crippen LogP contribution in [-0.2, 0) is 6.54 Å². The maximum Gasteiger partial charge on any atom is 0.0347 e. The molecule has 2 aliphatic rings. The molecule has 0 bridgehead atoms. The summed E-state index contributed by atoms with van der Waals surface area (Å²) in [4.78, 5) is 2.60. The standard InChI is InChI=1S/C14H20N2/c1-15-14-8-7-13(14)10-16(11-14)9-12-5-3-2-4-6-12/h2-6,13,15H,7-11H2,1H3. The molecule has 2 unspecified atom stereocenters. The molecule has 1 aliphatic heterocycles. The van der Waals surface area contributed by atoms with E-state index in [1.165, 1.54) is 31.5 Å². The van der Waals surface area contributed by atoms with Gasteiger partial charge in [0.25, 0.3) is 0 Å². The Labute approximate surface area is 97.6 Å². The minimum atomic E-state index is 0.453. The lowest BCUT2D eigenvalue weighted by Crippen LogP contribution is -2.56. The van der Waals surface area contributed by atoms with Crippen LogP contribution in [-0.4, -0.2) is 30.6 Å². The van der Waals surface area contributed by atoms with Crippen molar-refractivity contribution >= 4 is 0 Å². The van der Waals surface area contributed by atoms with Crippen LogP contribution in [0.5, 0.6) is 0 Å². The summed E-state index contributed by atoms with van der Waals surface area (Å²) in [5.41, 5.74) is 1.89. The molecule has 1 aromatic carbocycles. The highest BCUT2D eigenvalue weighted by Crippen LogP contribution is 2.44. The van der Waals surface area contributed by atoms with Gasteiger partial charge in [-0.25, -0.2) is 0 Å². The van der Waals surface area contributed by atoms with Gasteiger partial charge < -0.3 is 5.32 Å². The first-order valence-corrected chi connectivity index (χ1v) is 6.28. The quantitative estimate of drug-likeness (QED) is 0.830. The van der Waals surface area contributed by atoms with Gasteiger partial charge in [0.1, 0.15) is 0 Å². The number of benzene rings is 1. The summed E-state index contributed by atoms with van der Waals surface area (Å²) < 4.78 is 0. The Bertz CT molecular complexity index is 358. The van der Waals surface area contributed by atoms with E-state index in [2.05, 4.69) is 47.6 Å². The summed E-state index contributed by atoms with van der Waals surface area (Å²) in [6.07, 6.45) is 2.77. The highest BCUT2D eigenvalue weighted by atomic mass is 15.2. The molecule has 1 saturated heterocycles. The van der Waals surface area contributed by atoms with E-state index in [1.807, 2.05) is 0 Å². The van der Waals surface area contributed by atoms with Crippen LogP contribution in [0.25, 0.3) is 0 Å². The van der Waals surface area contributed by atoms with Crippen LogP contribution in [0.1, 0.15) is 18.4 Å². The number of hydrogen-bond donors (Lipinski definition) is 1. The molecule has 0 aromatic heterocycles. The Kier molecular flexibility index (Phi) is 2.49. The fourth-order valence-corrected chi connectivity index (χ4v) is 3.32. The topological polar surface area (TPSA) is 15.3 Å². The van der Waals surface area contributed by atoms with Crippen LogP contribution in [0.3, 0.4) is 0 Å². The third-order valence-electron chi connectivity index (χ3n) is 4.45. The summed E-state index contributed by atoms with van der Waals surface area (Å²) in [6.45, 7) is 3.61. The van der Waals surface area contributed by atoms with Crippen molar-refractivity contribution in [3.05, 3.63) is 35.9 Å². The molecule has 1 N–H and O–H groups in total. The van der Waals surface area contributed by atoms with Crippen LogP contribution in [0.4, 0.5) is 0 Å². The van der Waals surface area contributed by atoms with Crippen molar-refractivity contribution in [1.82, 2.24) is 10.2 Å². The third kappa shape index (κ3) is 1.57. The van der Waals surface area contributed by atoms with Gasteiger partial charge in [-0.3, -0.25) is 4.90 Å². The van der Waals surface area contributed by atoms with Gasteiger partial charge in [-0.2, -0.15) is 0 Å². The van der Waals surface area contributed by atoms with Gasteiger partial charge in [-0.15, -0.1) is 0 Å². The number of fused-ring (bicyclic) bond motifs is 1. The molecule has 2 atom stereocenters. The highest BCUT2D eigenvalue weighted by Gasteiger charge is 2.51. The molecule has 86 valence electrons. The zero-order valence-corrected chi connectivity index (χ0v) is 9.95. The van der Waals surface area contributed by atoms with Crippen molar-refractivity contribution < 1.29 is 0 Å². The molecule has 0 spiro atoms. The Morgan fingerprint density at radius 1 is 1.38 bits per heavy atom. The summed E-state index contributed by atoms with van der Waals surface area (Å²) >= 11 is 0. The smallest absolute Gasteiger partial charge is 0.0347 e. The first-order valence-electron chi connectivity index (χ1n) is 6.28. The molecule has 1 heterocycles. The Hall–Kier alpha value is -0.860. The van der Waals surface area contributed by atoms with Crippen molar-refractivity contribution in [3.63, 3.8) is 0 Å². The van der Waals surface area contributed by atoms with Crippen molar-refractivity contribution in [2.75, 3.05) is 20.1 Å². The summed E-state index contributed by atoms with van der Waals surface area (Å²) in [5, 5.41) is 3.55. The molecule has 0 amide bonds. The highest BCUT2D eigenvalue weighted by molar-refractivity contribution is 5.17. The van der Waals surface area contributed by atoms with Crippen molar-refractivity contribution in [2.45, 2.75) is 24.9 Å². The van der Waals surface area contributed by atoms with E-state index in [9.17, 15) is 0 Å². The third-order valence-corrected chi connectivity index (χ3v) is 4.45. The molecule has 0 radical (unpaired) electrons. The van der Waals surface area contributed by atoms with Crippen LogP contribution in [0, 0.1) is 5.92 Å². The molecule has 1 saturated carbocycles. The summed E-state index contributed by atoms with van der Waals surface area (Å²) in [5.74, 6) is 0.890. The van der Waals surface area contributed by atoms with Crippen molar-refractivity contribution in [1.29, 1.82) is 0 Å². The molecule has 3 rings (SSSR count). The van der Waals surface area contributed by atoms with Crippen molar-refractivity contribution in [2.24, 2.45) is 5.92 Å². The second-order valence-electron chi connectivity index (χ2n) is 5.30. The fourth-order valence-electron chi connectivity index (χ4n) is 3.32. The lowest BCUT2D eigenvalue weighted by Gasteiger charge is -2.44. The van der Waals surface area contributed by atoms with E-state index in [0.717, 1.165) is 12.5 Å². The predicted octanol–water partition coefficient (Wildman–Crippen LogP) is 1.87. The molecule has 2 fully saturated rings. The van der Waals surface area contributed by atoms with E-state index < -0.39 is 0 Å². The molecule has 1 aliphatic carbocycles. The first kappa shape index (κ1) is 10.3. The Morgan fingerprint density at radius 3 is 2.75 bits per heavy atom. The predicted molar refractivity (Wildman–Crippen MR) is 66.2 cm³/mol. The molecule has 2 heteroatoms. The van der Waals surface area contributed by atoms with Gasteiger partial charge in [0, 0.05) is 25.2 Å². The lowest BCUT2D eigenvalue weighted by molar-refractivity contribution is 0.146. The fraction of sp³-hybridized carbons (Fsp3) is 0.571. The second-order valence-corrected chi connectivity index (χ2v) is 5.30. The zero-order valence-electron chi connectivity index (χ0n) is 9.95. The van der Waals surface area contributed by atoms with Gasteiger partial charge >= 0.3 is 0 Å². The van der Waals surface area contributed by atoms with Crippen molar-refractivity contribution in [3.8, 4) is 0 Å². The number of nitrogens with one attached hydrogen (secondary N) is 1. The van der Waals surface area contributed by atoms with Gasteiger partial charge in [-0.1, -0.05) is 30.3 Å². The monoisotopic (exact) mass is 216 g/mol. The first-order chi connectivity index (χ1) is 7.82.